The Balaban J connectivity index is 2.23. The van der Waals surface area contributed by atoms with E-state index in [1.54, 1.807) is 0 Å². The number of nitrogens with two attached hydrogens (primary N) is 1. The molecule has 0 aliphatic carbocycles. The SMILES string of the molecule is CCS(=O)CCNc1nc(NN)nc2ccccc12. The number of rotatable bonds is 6. The van der Waals surface area contributed by atoms with Gasteiger partial charge in [0.2, 0.25) is 5.95 Å². The Bertz CT molecular complexity index is 589. The van der Waals surface area contributed by atoms with Gasteiger partial charge in [0.1, 0.15) is 5.82 Å². The van der Waals surface area contributed by atoms with Crippen molar-refractivity contribution < 1.29 is 4.21 Å². The van der Waals surface area contributed by atoms with Crippen LogP contribution in [-0.2, 0) is 10.8 Å². The molecule has 1 atom stereocenters. The van der Waals surface area contributed by atoms with Gasteiger partial charge in [0.15, 0.2) is 0 Å². The lowest BCUT2D eigenvalue weighted by molar-refractivity contribution is 0.684. The molecule has 0 spiro atoms. The molecule has 2 rings (SSSR count). The van der Waals surface area contributed by atoms with Crippen LogP contribution in [0, 0.1) is 0 Å². The Hall–Kier alpha value is -1.73. The molecule has 6 nitrogen and oxygen atoms in total. The summed E-state index contributed by atoms with van der Waals surface area (Å²) in [4.78, 5) is 8.55. The van der Waals surface area contributed by atoms with Gasteiger partial charge in [-0.3, -0.25) is 9.63 Å². The summed E-state index contributed by atoms with van der Waals surface area (Å²) >= 11 is 0. The number of nitrogens with one attached hydrogen (secondary N) is 2. The highest BCUT2D eigenvalue weighted by Gasteiger charge is 2.06. The first-order chi connectivity index (χ1) is 9.24. The molecule has 2 aromatic rings. The minimum absolute atomic E-state index is 0.359. The average molecular weight is 279 g/mol. The van der Waals surface area contributed by atoms with Crippen LogP contribution >= 0.6 is 0 Å². The molecule has 1 heterocycles. The van der Waals surface area contributed by atoms with Crippen molar-refractivity contribution in [2.45, 2.75) is 6.92 Å². The Labute approximate surface area is 114 Å². The van der Waals surface area contributed by atoms with Gasteiger partial charge in [0.05, 0.1) is 5.52 Å². The van der Waals surface area contributed by atoms with Crippen LogP contribution < -0.4 is 16.6 Å². The van der Waals surface area contributed by atoms with Gasteiger partial charge in [-0.2, -0.15) is 4.98 Å². The molecule has 0 amide bonds. The fourth-order valence-electron chi connectivity index (χ4n) is 1.70. The minimum atomic E-state index is -0.788. The topological polar surface area (TPSA) is 92.9 Å². The third kappa shape index (κ3) is 3.39. The molecule has 102 valence electrons. The van der Waals surface area contributed by atoms with Crippen LogP contribution in [0.15, 0.2) is 24.3 Å². The number of hydrazine groups is 1. The monoisotopic (exact) mass is 279 g/mol. The van der Waals surface area contributed by atoms with E-state index in [0.29, 0.717) is 29.8 Å². The largest absolute Gasteiger partial charge is 0.368 e. The zero-order chi connectivity index (χ0) is 13.7. The molecule has 0 saturated carbocycles. The Kier molecular flexibility index (Phi) is 4.64. The molecule has 7 heteroatoms. The van der Waals surface area contributed by atoms with Crippen molar-refractivity contribution in [1.29, 1.82) is 0 Å². The van der Waals surface area contributed by atoms with Crippen LogP contribution in [-0.4, -0.2) is 32.2 Å². The lowest BCUT2D eigenvalue weighted by Crippen LogP contribution is -2.15. The molecule has 1 aromatic carbocycles. The van der Waals surface area contributed by atoms with E-state index in [9.17, 15) is 4.21 Å². The summed E-state index contributed by atoms with van der Waals surface area (Å²) in [7, 11) is -0.788. The summed E-state index contributed by atoms with van der Waals surface area (Å²) in [5, 5.41) is 4.11. The Morgan fingerprint density at radius 1 is 1.32 bits per heavy atom. The van der Waals surface area contributed by atoms with Crippen molar-refractivity contribution in [3.05, 3.63) is 24.3 Å². The van der Waals surface area contributed by atoms with E-state index < -0.39 is 10.8 Å². The maximum atomic E-state index is 11.4. The fourth-order valence-corrected chi connectivity index (χ4v) is 2.32. The average Bonchev–Trinajstić information content (AvgIpc) is 2.46. The zero-order valence-electron chi connectivity index (χ0n) is 10.7. The van der Waals surface area contributed by atoms with Gasteiger partial charge in [-0.25, -0.2) is 10.8 Å². The molecular formula is C12H17N5OS. The van der Waals surface area contributed by atoms with Gasteiger partial charge < -0.3 is 5.32 Å². The molecule has 1 aromatic heterocycles. The second-order valence-electron chi connectivity index (χ2n) is 3.92. The molecule has 0 saturated heterocycles. The number of benzene rings is 1. The van der Waals surface area contributed by atoms with E-state index in [1.165, 1.54) is 0 Å². The highest BCUT2D eigenvalue weighted by Crippen LogP contribution is 2.21. The van der Waals surface area contributed by atoms with E-state index in [2.05, 4.69) is 20.7 Å². The summed E-state index contributed by atoms with van der Waals surface area (Å²) in [6, 6.07) is 7.67. The number of nitrogen functional groups attached to an aromatic ring is 1. The normalized spacial score (nSPS) is 12.3. The first kappa shape index (κ1) is 13.7. The predicted molar refractivity (Wildman–Crippen MR) is 79.4 cm³/mol. The number of nitrogens with zero attached hydrogens (tertiary/aromatic N) is 2. The molecule has 0 aliphatic rings. The summed E-state index contributed by atoms with van der Waals surface area (Å²) in [6.07, 6.45) is 0. The third-order valence-electron chi connectivity index (χ3n) is 2.68. The number of hydrogen-bond acceptors (Lipinski definition) is 6. The van der Waals surface area contributed by atoms with Crippen LogP contribution in [0.2, 0.25) is 0 Å². The van der Waals surface area contributed by atoms with Crippen LogP contribution in [0.25, 0.3) is 10.9 Å². The molecule has 0 radical (unpaired) electrons. The number of hydrogen-bond donors (Lipinski definition) is 3. The summed E-state index contributed by atoms with van der Waals surface area (Å²) in [5.41, 5.74) is 3.26. The van der Waals surface area contributed by atoms with Crippen molar-refractivity contribution in [3.63, 3.8) is 0 Å². The summed E-state index contributed by atoms with van der Waals surface area (Å²) in [6.45, 7) is 2.51. The van der Waals surface area contributed by atoms with Crippen LogP contribution in [0.1, 0.15) is 6.92 Å². The van der Waals surface area contributed by atoms with Crippen molar-refractivity contribution in [2.75, 3.05) is 28.8 Å². The number of aromatic nitrogens is 2. The molecular weight excluding hydrogens is 262 g/mol. The van der Waals surface area contributed by atoms with Crippen molar-refractivity contribution in [1.82, 2.24) is 9.97 Å². The second-order valence-corrected chi connectivity index (χ2v) is 5.78. The van der Waals surface area contributed by atoms with Crippen LogP contribution in [0.5, 0.6) is 0 Å². The molecule has 0 bridgehead atoms. The van der Waals surface area contributed by atoms with Gasteiger partial charge in [0.25, 0.3) is 0 Å². The predicted octanol–water partition coefficient (Wildman–Crippen LogP) is 1.10. The van der Waals surface area contributed by atoms with E-state index in [1.807, 2.05) is 31.2 Å². The molecule has 0 aliphatic heterocycles. The zero-order valence-corrected chi connectivity index (χ0v) is 11.5. The van der Waals surface area contributed by atoms with Crippen molar-refractivity contribution >= 4 is 33.5 Å². The number of para-hydroxylation sites is 1. The molecule has 4 N–H and O–H groups in total. The van der Waals surface area contributed by atoms with E-state index in [0.717, 1.165) is 10.9 Å². The quantitative estimate of drug-likeness (QED) is 0.541. The summed E-state index contributed by atoms with van der Waals surface area (Å²) < 4.78 is 11.4. The summed E-state index contributed by atoms with van der Waals surface area (Å²) in [5.74, 6) is 7.68. The maximum absolute atomic E-state index is 11.4. The van der Waals surface area contributed by atoms with Crippen LogP contribution in [0.4, 0.5) is 11.8 Å². The molecule has 19 heavy (non-hydrogen) atoms. The Morgan fingerprint density at radius 2 is 2.11 bits per heavy atom. The highest BCUT2D eigenvalue weighted by molar-refractivity contribution is 7.84. The molecule has 1 unspecified atom stereocenters. The molecule has 0 fully saturated rings. The second kappa shape index (κ2) is 6.44. The third-order valence-corrected chi connectivity index (χ3v) is 3.98. The highest BCUT2D eigenvalue weighted by atomic mass is 32.2. The minimum Gasteiger partial charge on any atom is -0.368 e. The smallest absolute Gasteiger partial charge is 0.239 e. The standard InChI is InChI=1S/C12H17N5OS/c1-2-19(18)8-7-14-11-9-5-3-4-6-10(9)15-12(16-11)17-13/h3-6H,2,7-8,13H2,1H3,(H2,14,15,16,17). The maximum Gasteiger partial charge on any atom is 0.239 e. The lowest BCUT2D eigenvalue weighted by atomic mass is 10.2. The van der Waals surface area contributed by atoms with Crippen molar-refractivity contribution in [2.24, 2.45) is 5.84 Å². The van der Waals surface area contributed by atoms with Gasteiger partial charge in [0, 0.05) is 34.2 Å². The van der Waals surface area contributed by atoms with Gasteiger partial charge in [-0.05, 0) is 12.1 Å². The van der Waals surface area contributed by atoms with Gasteiger partial charge in [-0.1, -0.05) is 19.1 Å². The Morgan fingerprint density at radius 3 is 2.84 bits per heavy atom. The van der Waals surface area contributed by atoms with Crippen LogP contribution in [0.3, 0.4) is 0 Å². The van der Waals surface area contributed by atoms with Gasteiger partial charge in [-0.15, -0.1) is 0 Å². The van der Waals surface area contributed by atoms with E-state index in [-0.39, 0.29) is 0 Å². The van der Waals surface area contributed by atoms with E-state index >= 15 is 0 Å². The number of anilines is 2. The van der Waals surface area contributed by atoms with E-state index in [4.69, 9.17) is 5.84 Å². The first-order valence-electron chi connectivity index (χ1n) is 6.07. The van der Waals surface area contributed by atoms with Crippen molar-refractivity contribution in [3.8, 4) is 0 Å². The number of fused-ring (bicyclic) bond motifs is 1. The first-order valence-corrected chi connectivity index (χ1v) is 7.55. The fraction of sp³-hybridized carbons (Fsp3) is 0.333. The lowest BCUT2D eigenvalue weighted by Gasteiger charge is -2.10. The van der Waals surface area contributed by atoms with Gasteiger partial charge >= 0.3 is 0 Å².